The summed E-state index contributed by atoms with van der Waals surface area (Å²) in [5, 5.41) is 0. The second kappa shape index (κ2) is 7.91. The minimum Gasteiger partial charge on any atom is -0.298 e. The van der Waals surface area contributed by atoms with Gasteiger partial charge in [0.2, 0.25) is 0 Å². The maximum atomic E-state index is 5.88. The van der Waals surface area contributed by atoms with Crippen molar-refractivity contribution in [1.82, 2.24) is 4.90 Å². The highest BCUT2D eigenvalue weighted by molar-refractivity contribution is 6.18. The van der Waals surface area contributed by atoms with Crippen LogP contribution >= 0.6 is 11.6 Å². The summed E-state index contributed by atoms with van der Waals surface area (Å²) in [7, 11) is 0. The highest BCUT2D eigenvalue weighted by atomic mass is 35.5. The molecule has 2 heteroatoms. The Morgan fingerprint density at radius 1 is 1.05 bits per heavy atom. The van der Waals surface area contributed by atoms with Gasteiger partial charge in [-0.05, 0) is 29.5 Å². The molecule has 0 fully saturated rings. The van der Waals surface area contributed by atoms with E-state index in [0.29, 0.717) is 5.88 Å². The van der Waals surface area contributed by atoms with Gasteiger partial charge in [0.1, 0.15) is 0 Å². The van der Waals surface area contributed by atoms with Gasteiger partial charge in [-0.15, -0.1) is 11.6 Å². The van der Waals surface area contributed by atoms with Gasteiger partial charge in [-0.1, -0.05) is 58.4 Å². The molecule has 0 saturated heterocycles. The topological polar surface area (TPSA) is 3.24 Å². The standard InChI is InChI=1S/C17H28ClN/c1-5-6-12-19(13-11-18)14-15-7-9-16(10-8-15)17(2,3)4/h7-10H,5-6,11-14H2,1-4H3. The van der Waals surface area contributed by atoms with Gasteiger partial charge in [-0.2, -0.15) is 0 Å². The Hall–Kier alpha value is -0.530. The van der Waals surface area contributed by atoms with Gasteiger partial charge in [-0.25, -0.2) is 0 Å². The van der Waals surface area contributed by atoms with Gasteiger partial charge in [-0.3, -0.25) is 4.90 Å². The van der Waals surface area contributed by atoms with E-state index in [1.165, 1.54) is 24.0 Å². The molecule has 0 aliphatic heterocycles. The Kier molecular flexibility index (Phi) is 6.88. The maximum absolute atomic E-state index is 5.88. The van der Waals surface area contributed by atoms with Crippen molar-refractivity contribution in [3.05, 3.63) is 35.4 Å². The molecular weight excluding hydrogens is 254 g/mol. The van der Waals surface area contributed by atoms with Crippen LogP contribution in [0.4, 0.5) is 0 Å². The van der Waals surface area contributed by atoms with E-state index in [9.17, 15) is 0 Å². The molecule has 0 amide bonds. The zero-order chi connectivity index (χ0) is 14.3. The predicted molar refractivity (Wildman–Crippen MR) is 86.0 cm³/mol. The molecule has 0 aromatic heterocycles. The van der Waals surface area contributed by atoms with Gasteiger partial charge in [0.05, 0.1) is 0 Å². The van der Waals surface area contributed by atoms with E-state index >= 15 is 0 Å². The number of hydrogen-bond donors (Lipinski definition) is 0. The van der Waals surface area contributed by atoms with E-state index in [4.69, 9.17) is 11.6 Å². The fourth-order valence-electron chi connectivity index (χ4n) is 2.14. The average molecular weight is 282 g/mol. The van der Waals surface area contributed by atoms with Crippen LogP contribution in [0.5, 0.6) is 0 Å². The van der Waals surface area contributed by atoms with Crippen molar-refractivity contribution in [1.29, 1.82) is 0 Å². The molecule has 0 saturated carbocycles. The molecule has 0 atom stereocenters. The molecule has 0 bridgehead atoms. The first-order valence-electron chi connectivity index (χ1n) is 7.35. The molecule has 0 heterocycles. The van der Waals surface area contributed by atoms with Gasteiger partial charge in [0, 0.05) is 19.0 Å². The highest BCUT2D eigenvalue weighted by Crippen LogP contribution is 2.22. The fourth-order valence-corrected chi connectivity index (χ4v) is 2.38. The van der Waals surface area contributed by atoms with Gasteiger partial charge in [0.25, 0.3) is 0 Å². The molecule has 1 aromatic carbocycles. The first kappa shape index (κ1) is 16.5. The molecule has 0 aliphatic rings. The van der Waals surface area contributed by atoms with E-state index in [1.807, 2.05) is 0 Å². The monoisotopic (exact) mass is 281 g/mol. The van der Waals surface area contributed by atoms with Crippen LogP contribution in [0.1, 0.15) is 51.7 Å². The minimum atomic E-state index is 0.233. The van der Waals surface area contributed by atoms with Crippen LogP contribution in [0.25, 0.3) is 0 Å². The lowest BCUT2D eigenvalue weighted by Gasteiger charge is -2.22. The molecule has 1 aromatic rings. The smallest absolute Gasteiger partial charge is 0.0351 e. The summed E-state index contributed by atoms with van der Waals surface area (Å²) in [5.74, 6) is 0.712. The van der Waals surface area contributed by atoms with Crippen molar-refractivity contribution in [3.8, 4) is 0 Å². The number of hydrogen-bond acceptors (Lipinski definition) is 1. The van der Waals surface area contributed by atoms with E-state index in [0.717, 1.165) is 19.6 Å². The first-order chi connectivity index (χ1) is 8.97. The molecule has 108 valence electrons. The molecule has 0 N–H and O–H groups in total. The van der Waals surface area contributed by atoms with Crippen LogP contribution in [0.2, 0.25) is 0 Å². The van der Waals surface area contributed by atoms with Crippen molar-refractivity contribution in [2.75, 3.05) is 19.0 Å². The lowest BCUT2D eigenvalue weighted by molar-refractivity contribution is 0.277. The summed E-state index contributed by atoms with van der Waals surface area (Å²) in [4.78, 5) is 2.45. The van der Waals surface area contributed by atoms with Crippen LogP contribution in [0.3, 0.4) is 0 Å². The number of halogens is 1. The van der Waals surface area contributed by atoms with Crippen LogP contribution in [-0.4, -0.2) is 23.9 Å². The van der Waals surface area contributed by atoms with Crippen molar-refractivity contribution in [2.24, 2.45) is 0 Å². The van der Waals surface area contributed by atoms with Crippen LogP contribution in [0.15, 0.2) is 24.3 Å². The Labute approximate surface area is 124 Å². The Bertz CT molecular complexity index is 351. The third kappa shape index (κ3) is 5.97. The summed E-state index contributed by atoms with van der Waals surface area (Å²) >= 11 is 5.88. The molecule has 0 aliphatic carbocycles. The third-order valence-corrected chi connectivity index (χ3v) is 3.62. The molecule has 0 spiro atoms. The molecular formula is C17H28ClN. The van der Waals surface area contributed by atoms with E-state index in [1.54, 1.807) is 0 Å². The number of alkyl halides is 1. The summed E-state index contributed by atoms with van der Waals surface area (Å²) in [6, 6.07) is 9.03. The normalized spacial score (nSPS) is 12.1. The van der Waals surface area contributed by atoms with Crippen LogP contribution < -0.4 is 0 Å². The molecule has 0 unspecified atom stereocenters. The molecule has 19 heavy (non-hydrogen) atoms. The van der Waals surface area contributed by atoms with Gasteiger partial charge < -0.3 is 0 Å². The van der Waals surface area contributed by atoms with Crippen molar-refractivity contribution in [2.45, 2.75) is 52.5 Å². The quantitative estimate of drug-likeness (QED) is 0.648. The molecule has 1 nitrogen and oxygen atoms in total. The minimum absolute atomic E-state index is 0.233. The highest BCUT2D eigenvalue weighted by Gasteiger charge is 2.13. The zero-order valence-corrected chi connectivity index (χ0v) is 13.6. The zero-order valence-electron chi connectivity index (χ0n) is 12.9. The second-order valence-electron chi connectivity index (χ2n) is 6.27. The number of benzene rings is 1. The summed E-state index contributed by atoms with van der Waals surface area (Å²) in [6.07, 6.45) is 2.48. The second-order valence-corrected chi connectivity index (χ2v) is 6.64. The Morgan fingerprint density at radius 3 is 2.16 bits per heavy atom. The maximum Gasteiger partial charge on any atom is 0.0351 e. The number of unbranched alkanes of at least 4 members (excludes halogenated alkanes) is 1. The van der Waals surface area contributed by atoms with Crippen LogP contribution in [-0.2, 0) is 12.0 Å². The lowest BCUT2D eigenvalue weighted by atomic mass is 9.87. The number of nitrogens with zero attached hydrogens (tertiary/aromatic N) is 1. The Balaban J connectivity index is 2.64. The Morgan fingerprint density at radius 2 is 1.68 bits per heavy atom. The first-order valence-corrected chi connectivity index (χ1v) is 7.88. The summed E-state index contributed by atoms with van der Waals surface area (Å²) < 4.78 is 0. The largest absolute Gasteiger partial charge is 0.298 e. The summed E-state index contributed by atoms with van der Waals surface area (Å²) in [5.41, 5.74) is 3.01. The lowest BCUT2D eigenvalue weighted by Crippen LogP contribution is -2.26. The van der Waals surface area contributed by atoms with Crippen molar-refractivity contribution >= 4 is 11.6 Å². The van der Waals surface area contributed by atoms with E-state index in [2.05, 4.69) is 56.9 Å². The van der Waals surface area contributed by atoms with E-state index in [-0.39, 0.29) is 5.41 Å². The third-order valence-electron chi connectivity index (χ3n) is 3.45. The molecule has 1 rings (SSSR count). The van der Waals surface area contributed by atoms with Crippen molar-refractivity contribution in [3.63, 3.8) is 0 Å². The van der Waals surface area contributed by atoms with Gasteiger partial charge in [0.15, 0.2) is 0 Å². The van der Waals surface area contributed by atoms with Crippen molar-refractivity contribution < 1.29 is 0 Å². The van der Waals surface area contributed by atoms with Crippen LogP contribution in [0, 0.1) is 0 Å². The fraction of sp³-hybridized carbons (Fsp3) is 0.647. The summed E-state index contributed by atoms with van der Waals surface area (Å²) in [6.45, 7) is 12.1. The van der Waals surface area contributed by atoms with Gasteiger partial charge >= 0.3 is 0 Å². The number of rotatable bonds is 7. The average Bonchev–Trinajstić information content (AvgIpc) is 2.36. The SMILES string of the molecule is CCCCN(CCCl)Cc1ccc(C(C)(C)C)cc1. The van der Waals surface area contributed by atoms with E-state index < -0.39 is 0 Å². The molecule has 0 radical (unpaired) electrons. The predicted octanol–water partition coefficient (Wildman–Crippen LogP) is 4.83.